The zero-order chi connectivity index (χ0) is 21.7. The second-order valence-corrected chi connectivity index (χ2v) is 7.81. The lowest BCUT2D eigenvalue weighted by atomic mass is 10.1. The lowest BCUT2D eigenvalue weighted by Crippen LogP contribution is -2.01. The van der Waals surface area contributed by atoms with E-state index in [1.165, 1.54) is 0 Å². The molecule has 0 fully saturated rings. The maximum Gasteiger partial charge on any atom is 0.264 e. The third-order valence-corrected chi connectivity index (χ3v) is 5.09. The third-order valence-electron chi connectivity index (χ3n) is 4.56. The van der Waals surface area contributed by atoms with Crippen LogP contribution in [0.3, 0.4) is 0 Å². The van der Waals surface area contributed by atoms with Crippen molar-refractivity contribution in [3.05, 3.63) is 52.0 Å². The van der Waals surface area contributed by atoms with Gasteiger partial charge in [-0.1, -0.05) is 41.8 Å². The van der Waals surface area contributed by atoms with Crippen molar-refractivity contribution in [3.8, 4) is 11.6 Å². The summed E-state index contributed by atoms with van der Waals surface area (Å²) in [7, 11) is 0. The van der Waals surface area contributed by atoms with Gasteiger partial charge in [0.25, 0.3) is 5.91 Å². The maximum absolute atomic E-state index is 12.1. The summed E-state index contributed by atoms with van der Waals surface area (Å²) in [5.41, 5.74) is 2.23. The summed E-state index contributed by atoms with van der Waals surface area (Å²) in [5, 5.41) is 20.2. The highest BCUT2D eigenvalue weighted by Gasteiger charge is 2.16. The number of aromatic nitrogens is 1. The van der Waals surface area contributed by atoms with Gasteiger partial charge in [-0.3, -0.25) is 4.79 Å². The topological polar surface area (TPSA) is 76.2 Å². The van der Waals surface area contributed by atoms with E-state index in [1.807, 2.05) is 32.0 Å². The number of azo groups is 1. The Balaban J connectivity index is 1.64. The molecule has 0 aliphatic heterocycles. The fourth-order valence-electron chi connectivity index (χ4n) is 3.14. The van der Waals surface area contributed by atoms with Gasteiger partial charge in [-0.25, -0.2) is 0 Å². The number of amides is 1. The van der Waals surface area contributed by atoms with Crippen molar-refractivity contribution in [2.75, 3.05) is 6.61 Å². The standard InChI is InChI=1S/C22H23Cl2N3O3/c1-3-10-27-18-8-6-14(2)12-16(18)21(22(27)29)26-25-20(28)5-4-11-30-19-9-7-15(23)13-17(19)24/h6-9,12-13,29H,3-5,10-11H2,1-2H3. The van der Waals surface area contributed by atoms with Crippen LogP contribution in [-0.2, 0) is 11.3 Å². The largest absolute Gasteiger partial charge is 0.493 e. The molecule has 1 amide bonds. The molecule has 3 rings (SSSR count). The van der Waals surface area contributed by atoms with Gasteiger partial charge in [0.05, 0.1) is 17.1 Å². The molecule has 2 aromatic carbocycles. The maximum atomic E-state index is 12.1. The smallest absolute Gasteiger partial charge is 0.264 e. The fraction of sp³-hybridized carbons (Fsp3) is 0.318. The first-order chi connectivity index (χ1) is 14.4. The van der Waals surface area contributed by atoms with E-state index < -0.39 is 0 Å². The third kappa shape index (κ3) is 5.12. The van der Waals surface area contributed by atoms with Crippen LogP contribution in [0.4, 0.5) is 5.69 Å². The summed E-state index contributed by atoms with van der Waals surface area (Å²) in [6, 6.07) is 10.8. The van der Waals surface area contributed by atoms with Crippen LogP contribution < -0.4 is 4.74 Å². The van der Waals surface area contributed by atoms with Crippen LogP contribution in [0.2, 0.25) is 10.0 Å². The summed E-state index contributed by atoms with van der Waals surface area (Å²) < 4.78 is 7.36. The highest BCUT2D eigenvalue weighted by atomic mass is 35.5. The predicted octanol–water partition coefficient (Wildman–Crippen LogP) is 6.84. The monoisotopic (exact) mass is 447 g/mol. The molecule has 0 unspecified atom stereocenters. The quantitative estimate of drug-likeness (QED) is 0.303. The first-order valence-electron chi connectivity index (χ1n) is 9.75. The molecular weight excluding hydrogens is 425 g/mol. The Morgan fingerprint density at radius 3 is 2.73 bits per heavy atom. The minimum absolute atomic E-state index is 0.0229. The van der Waals surface area contributed by atoms with Crippen LogP contribution in [0.15, 0.2) is 46.6 Å². The first-order valence-corrected chi connectivity index (χ1v) is 10.5. The number of hydrogen-bond donors (Lipinski definition) is 1. The second kappa shape index (κ2) is 9.96. The van der Waals surface area contributed by atoms with Crippen LogP contribution >= 0.6 is 23.2 Å². The van der Waals surface area contributed by atoms with Gasteiger partial charge in [-0.05, 0) is 50.1 Å². The molecule has 0 aliphatic rings. The Hall–Kier alpha value is -2.57. The molecule has 3 aromatic rings. The summed E-state index contributed by atoms with van der Waals surface area (Å²) in [6.07, 6.45) is 1.49. The van der Waals surface area contributed by atoms with Crippen molar-refractivity contribution < 1.29 is 14.6 Å². The van der Waals surface area contributed by atoms with Gasteiger partial charge in [0.15, 0.2) is 5.69 Å². The van der Waals surface area contributed by atoms with Gasteiger partial charge in [0.1, 0.15) is 5.75 Å². The Bertz CT molecular complexity index is 1090. The number of fused-ring (bicyclic) bond motifs is 1. The summed E-state index contributed by atoms with van der Waals surface area (Å²) >= 11 is 11.9. The van der Waals surface area contributed by atoms with Crippen molar-refractivity contribution in [2.24, 2.45) is 10.2 Å². The van der Waals surface area contributed by atoms with E-state index in [-0.39, 0.29) is 18.2 Å². The number of carbonyl (C=O) groups is 1. The zero-order valence-corrected chi connectivity index (χ0v) is 18.4. The van der Waals surface area contributed by atoms with Gasteiger partial charge >= 0.3 is 0 Å². The summed E-state index contributed by atoms with van der Waals surface area (Å²) in [5.74, 6) is 0.151. The van der Waals surface area contributed by atoms with E-state index in [1.54, 1.807) is 22.8 Å². The molecule has 0 spiro atoms. The Labute approximate surface area is 185 Å². The van der Waals surface area contributed by atoms with Gasteiger partial charge in [0, 0.05) is 23.4 Å². The average Bonchev–Trinajstić information content (AvgIpc) is 2.96. The molecule has 6 nitrogen and oxygen atoms in total. The Morgan fingerprint density at radius 1 is 1.20 bits per heavy atom. The van der Waals surface area contributed by atoms with E-state index in [2.05, 4.69) is 10.2 Å². The minimum Gasteiger partial charge on any atom is -0.493 e. The minimum atomic E-state index is -0.385. The number of halogens is 2. The van der Waals surface area contributed by atoms with Crippen molar-refractivity contribution in [1.82, 2.24) is 4.57 Å². The molecule has 158 valence electrons. The Morgan fingerprint density at radius 2 is 2.00 bits per heavy atom. The van der Waals surface area contributed by atoms with Crippen LogP contribution in [0.5, 0.6) is 11.6 Å². The fourth-order valence-corrected chi connectivity index (χ4v) is 3.60. The lowest BCUT2D eigenvalue weighted by Gasteiger charge is -2.07. The second-order valence-electron chi connectivity index (χ2n) is 6.96. The molecule has 0 aliphatic carbocycles. The molecule has 0 atom stereocenters. The van der Waals surface area contributed by atoms with Crippen LogP contribution in [0.1, 0.15) is 31.7 Å². The van der Waals surface area contributed by atoms with Crippen molar-refractivity contribution >= 4 is 45.7 Å². The van der Waals surface area contributed by atoms with Gasteiger partial charge in [-0.2, -0.15) is 0 Å². The predicted molar refractivity (Wildman–Crippen MR) is 119 cm³/mol. The van der Waals surface area contributed by atoms with Crippen molar-refractivity contribution in [2.45, 2.75) is 39.7 Å². The molecule has 1 heterocycles. The van der Waals surface area contributed by atoms with E-state index in [0.29, 0.717) is 41.1 Å². The molecule has 30 heavy (non-hydrogen) atoms. The van der Waals surface area contributed by atoms with Gasteiger partial charge in [-0.15, -0.1) is 10.2 Å². The lowest BCUT2D eigenvalue weighted by molar-refractivity contribution is -0.118. The normalized spacial score (nSPS) is 11.5. The summed E-state index contributed by atoms with van der Waals surface area (Å²) in [4.78, 5) is 12.1. The SMILES string of the molecule is CCCn1c(O)c(N=NC(=O)CCCOc2ccc(Cl)cc2Cl)c2cc(C)ccc21. The molecule has 1 N–H and O–H groups in total. The number of carbonyl (C=O) groups excluding carboxylic acids is 1. The molecule has 0 bridgehead atoms. The number of hydrogen-bond acceptors (Lipinski definition) is 4. The molecule has 8 heteroatoms. The number of rotatable bonds is 8. The van der Waals surface area contributed by atoms with E-state index in [4.69, 9.17) is 27.9 Å². The zero-order valence-electron chi connectivity index (χ0n) is 16.9. The van der Waals surface area contributed by atoms with Crippen molar-refractivity contribution in [1.29, 1.82) is 0 Å². The number of aromatic hydroxyl groups is 1. The molecule has 0 saturated heterocycles. The van der Waals surface area contributed by atoms with Crippen LogP contribution in [0.25, 0.3) is 10.9 Å². The summed E-state index contributed by atoms with van der Waals surface area (Å²) in [6.45, 7) is 4.96. The van der Waals surface area contributed by atoms with E-state index in [9.17, 15) is 9.90 Å². The van der Waals surface area contributed by atoms with Crippen LogP contribution in [0, 0.1) is 6.92 Å². The van der Waals surface area contributed by atoms with Gasteiger partial charge in [0.2, 0.25) is 5.88 Å². The number of ether oxygens (including phenoxy) is 1. The van der Waals surface area contributed by atoms with E-state index >= 15 is 0 Å². The molecule has 0 radical (unpaired) electrons. The van der Waals surface area contributed by atoms with Gasteiger partial charge < -0.3 is 14.4 Å². The average molecular weight is 448 g/mol. The van der Waals surface area contributed by atoms with Crippen LogP contribution in [-0.4, -0.2) is 22.2 Å². The van der Waals surface area contributed by atoms with Crippen molar-refractivity contribution in [3.63, 3.8) is 0 Å². The number of nitrogens with zero attached hydrogens (tertiary/aromatic N) is 3. The van der Waals surface area contributed by atoms with E-state index in [0.717, 1.165) is 22.9 Å². The highest BCUT2D eigenvalue weighted by molar-refractivity contribution is 6.35. The number of aryl methyl sites for hydroxylation is 2. The molecular formula is C22H23Cl2N3O3. The molecule has 1 aromatic heterocycles. The molecule has 0 saturated carbocycles. The Kier molecular flexibility index (Phi) is 7.34. The number of benzene rings is 2. The first kappa shape index (κ1) is 22.1. The highest BCUT2D eigenvalue weighted by Crippen LogP contribution is 2.39.